The van der Waals surface area contributed by atoms with Gasteiger partial charge in [-0.05, 0) is 18.2 Å². The molecule has 0 amide bonds. The normalized spacial score (nSPS) is 9.70. The van der Waals surface area contributed by atoms with Crippen LogP contribution < -0.4 is 16.0 Å². The number of nitrogens with two attached hydrogens (primary N) is 1. The average Bonchev–Trinajstić information content (AvgIpc) is 2.38. The minimum Gasteiger partial charge on any atom is -0.492 e. The lowest BCUT2D eigenvalue weighted by Crippen LogP contribution is -2.27. The van der Waals surface area contributed by atoms with E-state index >= 15 is 0 Å². The van der Waals surface area contributed by atoms with E-state index in [0.29, 0.717) is 30.3 Å². The molecule has 0 aliphatic heterocycles. The van der Waals surface area contributed by atoms with E-state index in [1.165, 1.54) is 0 Å². The number of halogens is 1. The van der Waals surface area contributed by atoms with Gasteiger partial charge < -0.3 is 14.9 Å². The molecular weight excluding hydrogens is 288 g/mol. The number of hydrogen-bond acceptors (Lipinski definition) is 5. The summed E-state index contributed by atoms with van der Waals surface area (Å²) in [7, 11) is 0. The van der Waals surface area contributed by atoms with Crippen molar-refractivity contribution in [2.45, 2.75) is 0 Å². The second-order valence-electron chi connectivity index (χ2n) is 3.27. The summed E-state index contributed by atoms with van der Waals surface area (Å²) < 4.78 is 5.30. The molecule has 0 saturated heterocycles. The molecule has 1 aromatic rings. The molecular formula is C12H15ClN2O5. The highest BCUT2D eigenvalue weighted by atomic mass is 35.5. The van der Waals surface area contributed by atoms with Crippen LogP contribution in [0.15, 0.2) is 36.4 Å². The van der Waals surface area contributed by atoms with Gasteiger partial charge in [0.15, 0.2) is 0 Å². The first-order valence-corrected chi connectivity index (χ1v) is 5.79. The molecule has 0 unspecified atom stereocenters. The number of hydrazine groups is 1. The molecule has 20 heavy (non-hydrogen) atoms. The van der Waals surface area contributed by atoms with Gasteiger partial charge in [-0.1, -0.05) is 17.7 Å². The predicted octanol–water partition coefficient (Wildman–Crippen LogP) is 0.894. The first-order valence-electron chi connectivity index (χ1n) is 5.41. The summed E-state index contributed by atoms with van der Waals surface area (Å²) in [6.07, 6.45) is 1.12. The Balaban J connectivity index is 0.000000396. The summed E-state index contributed by atoms with van der Waals surface area (Å²) in [6.45, 7) is 1.16. The van der Waals surface area contributed by atoms with Crippen molar-refractivity contribution in [2.24, 2.45) is 5.84 Å². The fourth-order valence-corrected chi connectivity index (χ4v) is 1.11. The van der Waals surface area contributed by atoms with Crippen molar-refractivity contribution in [1.29, 1.82) is 0 Å². The maximum absolute atomic E-state index is 9.55. The Morgan fingerprint density at radius 3 is 2.35 bits per heavy atom. The van der Waals surface area contributed by atoms with Crippen LogP contribution >= 0.6 is 11.6 Å². The lowest BCUT2D eigenvalue weighted by atomic mass is 10.3. The molecule has 110 valence electrons. The molecule has 0 bridgehead atoms. The fourth-order valence-electron chi connectivity index (χ4n) is 0.927. The zero-order valence-electron chi connectivity index (χ0n) is 10.5. The SMILES string of the molecule is NNCCOc1cccc(Cl)c1.O=C(O)/C=C\C(=O)O. The highest BCUT2D eigenvalue weighted by Gasteiger charge is 1.93. The van der Waals surface area contributed by atoms with Gasteiger partial charge in [-0.3, -0.25) is 11.3 Å². The zero-order valence-corrected chi connectivity index (χ0v) is 11.2. The fraction of sp³-hybridized carbons (Fsp3) is 0.167. The molecule has 0 spiro atoms. The van der Waals surface area contributed by atoms with E-state index in [9.17, 15) is 9.59 Å². The van der Waals surface area contributed by atoms with Crippen LogP contribution in [0.5, 0.6) is 5.75 Å². The second-order valence-corrected chi connectivity index (χ2v) is 3.71. The molecule has 0 heterocycles. The van der Waals surface area contributed by atoms with Crippen LogP contribution in [0.1, 0.15) is 0 Å². The third-order valence-corrected chi connectivity index (χ3v) is 1.91. The first kappa shape index (κ1) is 17.9. The minimum absolute atomic E-state index is 0.539. The molecule has 1 aromatic carbocycles. The Morgan fingerprint density at radius 1 is 1.30 bits per heavy atom. The number of aliphatic carboxylic acids is 2. The van der Waals surface area contributed by atoms with Gasteiger partial charge in [-0.15, -0.1) is 0 Å². The number of benzene rings is 1. The van der Waals surface area contributed by atoms with Gasteiger partial charge in [0.05, 0.1) is 0 Å². The number of hydrogen-bond donors (Lipinski definition) is 4. The third kappa shape index (κ3) is 11.0. The van der Waals surface area contributed by atoms with E-state index in [1.54, 1.807) is 12.1 Å². The quantitative estimate of drug-likeness (QED) is 0.266. The summed E-state index contributed by atoms with van der Waals surface area (Å²) >= 11 is 5.74. The van der Waals surface area contributed by atoms with Crippen molar-refractivity contribution in [3.8, 4) is 5.75 Å². The summed E-state index contributed by atoms with van der Waals surface area (Å²) in [5, 5.41) is 16.3. The monoisotopic (exact) mass is 302 g/mol. The number of carboxylic acid groups (broad SMARTS) is 2. The zero-order chi connectivity index (χ0) is 15.4. The van der Waals surface area contributed by atoms with E-state index < -0.39 is 11.9 Å². The minimum atomic E-state index is -1.26. The second kappa shape index (κ2) is 10.8. The lowest BCUT2D eigenvalue weighted by molar-refractivity contribution is -0.134. The molecule has 0 saturated carbocycles. The molecule has 8 heteroatoms. The molecule has 0 aliphatic rings. The smallest absolute Gasteiger partial charge is 0.328 e. The molecule has 1 rings (SSSR count). The lowest BCUT2D eigenvalue weighted by Gasteiger charge is -2.04. The van der Waals surface area contributed by atoms with E-state index in [2.05, 4.69) is 5.43 Å². The average molecular weight is 303 g/mol. The van der Waals surface area contributed by atoms with Gasteiger partial charge in [0.1, 0.15) is 12.4 Å². The van der Waals surface area contributed by atoms with Gasteiger partial charge in [-0.25, -0.2) is 9.59 Å². The largest absolute Gasteiger partial charge is 0.492 e. The number of carboxylic acids is 2. The maximum Gasteiger partial charge on any atom is 0.328 e. The highest BCUT2D eigenvalue weighted by molar-refractivity contribution is 6.30. The third-order valence-electron chi connectivity index (χ3n) is 1.68. The van der Waals surface area contributed by atoms with Crippen molar-refractivity contribution in [3.63, 3.8) is 0 Å². The van der Waals surface area contributed by atoms with E-state index in [1.807, 2.05) is 12.1 Å². The summed E-state index contributed by atoms with van der Waals surface area (Å²) in [6, 6.07) is 7.25. The molecule has 0 aliphatic carbocycles. The van der Waals surface area contributed by atoms with Gasteiger partial charge in [0.2, 0.25) is 0 Å². The highest BCUT2D eigenvalue weighted by Crippen LogP contribution is 2.16. The maximum atomic E-state index is 9.55. The number of rotatable bonds is 6. The van der Waals surface area contributed by atoms with Gasteiger partial charge in [0.25, 0.3) is 0 Å². The Morgan fingerprint density at radius 2 is 1.90 bits per heavy atom. The van der Waals surface area contributed by atoms with Crippen LogP contribution in [-0.2, 0) is 9.59 Å². The van der Waals surface area contributed by atoms with Crippen molar-refractivity contribution < 1.29 is 24.5 Å². The predicted molar refractivity (Wildman–Crippen MR) is 73.5 cm³/mol. The Labute approximate surface area is 120 Å². The standard InChI is InChI=1S/C8H11ClN2O.C4H4O4/c9-7-2-1-3-8(6-7)12-5-4-11-10;5-3(6)1-2-4(7)8/h1-3,6,11H,4-5,10H2;1-2H,(H,5,6)(H,7,8)/b;2-1-. The van der Waals surface area contributed by atoms with Crippen molar-refractivity contribution in [3.05, 3.63) is 41.4 Å². The Kier molecular flexibility index (Phi) is 9.67. The van der Waals surface area contributed by atoms with Crippen LogP contribution in [0, 0.1) is 0 Å². The van der Waals surface area contributed by atoms with E-state index in [-0.39, 0.29) is 0 Å². The van der Waals surface area contributed by atoms with Gasteiger partial charge >= 0.3 is 11.9 Å². The summed E-state index contributed by atoms with van der Waals surface area (Å²) in [5.41, 5.74) is 2.49. The molecule has 0 aromatic heterocycles. The van der Waals surface area contributed by atoms with Crippen LogP contribution in [-0.4, -0.2) is 35.3 Å². The van der Waals surface area contributed by atoms with Crippen LogP contribution in [0.25, 0.3) is 0 Å². The van der Waals surface area contributed by atoms with Crippen molar-refractivity contribution in [2.75, 3.05) is 13.2 Å². The molecule has 7 nitrogen and oxygen atoms in total. The molecule has 0 fully saturated rings. The molecule has 0 atom stereocenters. The Bertz CT molecular complexity index is 449. The van der Waals surface area contributed by atoms with Crippen LogP contribution in [0.2, 0.25) is 5.02 Å². The van der Waals surface area contributed by atoms with Gasteiger partial charge in [0, 0.05) is 23.7 Å². The molecule has 5 N–H and O–H groups in total. The number of ether oxygens (including phenoxy) is 1. The van der Waals surface area contributed by atoms with Gasteiger partial charge in [-0.2, -0.15) is 0 Å². The van der Waals surface area contributed by atoms with E-state index in [0.717, 1.165) is 5.75 Å². The Hall–Kier alpha value is -2.09. The van der Waals surface area contributed by atoms with Crippen molar-refractivity contribution >= 4 is 23.5 Å². The van der Waals surface area contributed by atoms with Crippen molar-refractivity contribution in [1.82, 2.24) is 5.43 Å². The molecule has 0 radical (unpaired) electrons. The van der Waals surface area contributed by atoms with E-state index in [4.69, 9.17) is 32.4 Å². The first-order chi connectivity index (χ1) is 9.45. The topological polar surface area (TPSA) is 122 Å². The number of nitrogens with one attached hydrogen (secondary N) is 1. The van der Waals surface area contributed by atoms with Crippen LogP contribution in [0.3, 0.4) is 0 Å². The number of carbonyl (C=O) groups is 2. The van der Waals surface area contributed by atoms with Crippen LogP contribution in [0.4, 0.5) is 0 Å². The summed E-state index contributed by atoms with van der Waals surface area (Å²) in [5.74, 6) is 3.31. The summed E-state index contributed by atoms with van der Waals surface area (Å²) in [4.78, 5) is 19.1.